The fraction of sp³-hybridized carbons (Fsp3) is 1.00. The Balaban J connectivity index is 1.43. The summed E-state index contributed by atoms with van der Waals surface area (Å²) in [5.41, 5.74) is 0. The Morgan fingerprint density at radius 1 is 1.00 bits per heavy atom. The zero-order valence-corrected chi connectivity index (χ0v) is 13.6. The van der Waals surface area contributed by atoms with E-state index in [1.807, 2.05) is 0 Å². The van der Waals surface area contributed by atoms with Gasteiger partial charge in [-0.15, -0.1) is 0 Å². The number of likely N-dealkylation sites (tertiary alicyclic amines) is 1. The average Bonchev–Trinajstić information content (AvgIpc) is 2.39. The number of rotatable bonds is 9. The van der Waals surface area contributed by atoms with Crippen LogP contribution in [0.4, 0.5) is 0 Å². The van der Waals surface area contributed by atoms with Gasteiger partial charge in [0, 0.05) is 19.7 Å². The first-order valence-corrected chi connectivity index (χ1v) is 9.52. The van der Waals surface area contributed by atoms with E-state index in [9.17, 15) is 8.42 Å². The van der Waals surface area contributed by atoms with E-state index < -0.39 is 10.3 Å². The molecule has 0 aromatic rings. The molecule has 0 aliphatic carbocycles. The highest BCUT2D eigenvalue weighted by Gasteiger charge is 2.26. The minimum absolute atomic E-state index is 0.143. The highest BCUT2D eigenvalue weighted by molar-refractivity contribution is 7.83. The number of hydrogen-bond donors (Lipinski definition) is 1. The molecule has 7 heteroatoms. The summed E-state index contributed by atoms with van der Waals surface area (Å²) in [4.78, 5) is 2.50. The third kappa shape index (κ3) is 6.20. The molecular formula is C14H28N2O4S. The highest BCUT2D eigenvalue weighted by Crippen LogP contribution is 2.16. The van der Waals surface area contributed by atoms with Crippen LogP contribution in [0.5, 0.6) is 0 Å². The maximum Gasteiger partial charge on any atom is 0.335 e. The quantitative estimate of drug-likeness (QED) is 0.515. The van der Waals surface area contributed by atoms with Crippen LogP contribution in [-0.4, -0.2) is 67.6 Å². The van der Waals surface area contributed by atoms with Gasteiger partial charge in [-0.05, 0) is 51.7 Å². The van der Waals surface area contributed by atoms with E-state index in [1.165, 1.54) is 45.3 Å². The van der Waals surface area contributed by atoms with Gasteiger partial charge >= 0.3 is 10.3 Å². The molecule has 2 aliphatic rings. The molecule has 0 amide bonds. The molecule has 0 aromatic carbocycles. The third-order valence-electron chi connectivity index (χ3n) is 4.40. The minimum Gasteiger partial charge on any atom is -0.378 e. The van der Waals surface area contributed by atoms with Crippen molar-refractivity contribution < 1.29 is 17.7 Å². The van der Waals surface area contributed by atoms with Crippen molar-refractivity contribution in [1.82, 2.24) is 9.21 Å². The van der Waals surface area contributed by atoms with Crippen molar-refractivity contribution in [2.45, 2.75) is 51.0 Å². The highest BCUT2D eigenvalue weighted by atomic mass is 32.2. The molecule has 124 valence electrons. The van der Waals surface area contributed by atoms with Gasteiger partial charge in [-0.2, -0.15) is 12.7 Å². The van der Waals surface area contributed by atoms with Crippen LogP contribution in [0, 0.1) is 0 Å². The number of unbranched alkanes of at least 4 members (excludes halogenated alkanes) is 3. The first-order chi connectivity index (χ1) is 10.1. The molecular weight excluding hydrogens is 292 g/mol. The second-order valence-electron chi connectivity index (χ2n) is 6.06. The summed E-state index contributed by atoms with van der Waals surface area (Å²) in [6.07, 6.45) is 7.70. The molecule has 0 radical (unpaired) electrons. The monoisotopic (exact) mass is 320 g/mol. The maximum absolute atomic E-state index is 11.0. The van der Waals surface area contributed by atoms with E-state index in [0.29, 0.717) is 25.9 Å². The molecule has 0 unspecified atom stereocenters. The summed E-state index contributed by atoms with van der Waals surface area (Å²) in [6.45, 7) is 5.30. The fourth-order valence-electron chi connectivity index (χ4n) is 2.88. The molecule has 2 heterocycles. The summed E-state index contributed by atoms with van der Waals surface area (Å²) >= 11 is 0. The van der Waals surface area contributed by atoms with Crippen LogP contribution < -0.4 is 0 Å². The number of nitrogens with zero attached hydrogens (tertiary/aromatic N) is 2. The van der Waals surface area contributed by atoms with Crippen molar-refractivity contribution in [2.75, 3.05) is 39.3 Å². The van der Waals surface area contributed by atoms with Gasteiger partial charge in [-0.25, -0.2) is 0 Å². The molecule has 2 saturated heterocycles. The minimum atomic E-state index is -4.02. The molecule has 2 fully saturated rings. The molecule has 1 N–H and O–H groups in total. The van der Waals surface area contributed by atoms with E-state index in [2.05, 4.69) is 4.90 Å². The van der Waals surface area contributed by atoms with E-state index in [1.54, 1.807) is 0 Å². The molecule has 0 atom stereocenters. The van der Waals surface area contributed by atoms with Crippen molar-refractivity contribution in [3.63, 3.8) is 0 Å². The molecule has 0 aromatic heterocycles. The number of ether oxygens (including phenoxy) is 1. The van der Waals surface area contributed by atoms with Crippen molar-refractivity contribution in [2.24, 2.45) is 0 Å². The Morgan fingerprint density at radius 2 is 1.67 bits per heavy atom. The molecule has 0 bridgehead atoms. The lowest BCUT2D eigenvalue weighted by molar-refractivity contribution is 0.0181. The van der Waals surface area contributed by atoms with E-state index in [-0.39, 0.29) is 6.10 Å². The third-order valence-corrected chi connectivity index (χ3v) is 5.42. The Labute approximate surface area is 128 Å². The molecule has 2 aliphatic heterocycles. The molecule has 21 heavy (non-hydrogen) atoms. The topological polar surface area (TPSA) is 70.1 Å². The lowest BCUT2D eigenvalue weighted by Crippen LogP contribution is -2.40. The Kier molecular flexibility index (Phi) is 6.88. The summed E-state index contributed by atoms with van der Waals surface area (Å²) in [7, 11) is -4.02. The smallest absolute Gasteiger partial charge is 0.335 e. The summed E-state index contributed by atoms with van der Waals surface area (Å²) < 4.78 is 37.8. The Morgan fingerprint density at radius 3 is 2.24 bits per heavy atom. The Bertz CT molecular complexity index is 390. The van der Waals surface area contributed by atoms with Crippen LogP contribution in [0.1, 0.15) is 44.9 Å². The lowest BCUT2D eigenvalue weighted by Gasteiger charge is -2.30. The van der Waals surface area contributed by atoms with Gasteiger partial charge in [0.05, 0.1) is 6.10 Å². The molecule has 2 rings (SSSR count). The average molecular weight is 320 g/mol. The van der Waals surface area contributed by atoms with Crippen molar-refractivity contribution in [1.29, 1.82) is 0 Å². The first kappa shape index (κ1) is 17.1. The van der Waals surface area contributed by atoms with E-state index in [4.69, 9.17) is 9.29 Å². The van der Waals surface area contributed by atoms with E-state index in [0.717, 1.165) is 17.3 Å². The van der Waals surface area contributed by atoms with Gasteiger partial charge in [0.2, 0.25) is 0 Å². The number of hydrogen-bond acceptors (Lipinski definition) is 4. The van der Waals surface area contributed by atoms with Gasteiger partial charge in [0.15, 0.2) is 0 Å². The van der Waals surface area contributed by atoms with Gasteiger partial charge in [-0.1, -0.05) is 12.8 Å². The van der Waals surface area contributed by atoms with Crippen LogP contribution in [0.2, 0.25) is 0 Å². The number of piperidine rings is 1. The van der Waals surface area contributed by atoms with E-state index >= 15 is 0 Å². The van der Waals surface area contributed by atoms with Gasteiger partial charge in [0.25, 0.3) is 0 Å². The zero-order valence-electron chi connectivity index (χ0n) is 12.7. The second kappa shape index (κ2) is 8.43. The fourth-order valence-corrected chi connectivity index (χ4v) is 3.55. The Hall–Kier alpha value is -0.210. The predicted molar refractivity (Wildman–Crippen MR) is 81.6 cm³/mol. The molecule has 0 spiro atoms. The van der Waals surface area contributed by atoms with Gasteiger partial charge in [0.1, 0.15) is 0 Å². The summed E-state index contributed by atoms with van der Waals surface area (Å²) in [6, 6.07) is 0. The SMILES string of the molecule is O=S(=O)(O)N1CCC(OCCCCCCN2CCC2)CC1. The van der Waals surface area contributed by atoms with Crippen molar-refractivity contribution in [3.8, 4) is 0 Å². The zero-order chi connectivity index (χ0) is 15.1. The standard InChI is InChI=1S/C14H28N2O4S/c17-21(18,19)16-11-6-14(7-12-16)20-13-4-2-1-3-8-15-9-5-10-15/h14H,1-13H2,(H,17,18,19). The second-order valence-corrected chi connectivity index (χ2v) is 7.47. The van der Waals surface area contributed by atoms with Crippen molar-refractivity contribution >= 4 is 10.3 Å². The first-order valence-electron chi connectivity index (χ1n) is 8.12. The molecule has 6 nitrogen and oxygen atoms in total. The van der Waals surface area contributed by atoms with Crippen LogP contribution >= 0.6 is 0 Å². The largest absolute Gasteiger partial charge is 0.378 e. The maximum atomic E-state index is 11.0. The van der Waals surface area contributed by atoms with Crippen LogP contribution in [0.3, 0.4) is 0 Å². The normalized spacial score (nSPS) is 22.3. The summed E-state index contributed by atoms with van der Waals surface area (Å²) in [5.74, 6) is 0. The summed E-state index contributed by atoms with van der Waals surface area (Å²) in [5, 5.41) is 0. The van der Waals surface area contributed by atoms with Crippen molar-refractivity contribution in [3.05, 3.63) is 0 Å². The predicted octanol–water partition coefficient (Wildman–Crippen LogP) is 1.54. The van der Waals surface area contributed by atoms with Gasteiger partial charge < -0.3 is 9.64 Å². The molecule has 0 saturated carbocycles. The van der Waals surface area contributed by atoms with Gasteiger partial charge in [-0.3, -0.25) is 4.55 Å². The van der Waals surface area contributed by atoms with Crippen LogP contribution in [-0.2, 0) is 15.0 Å². The lowest BCUT2D eigenvalue weighted by atomic mass is 10.1. The van der Waals surface area contributed by atoms with Crippen LogP contribution in [0.15, 0.2) is 0 Å². The van der Waals surface area contributed by atoms with Crippen LogP contribution in [0.25, 0.3) is 0 Å².